The zero-order valence-electron chi connectivity index (χ0n) is 14.6. The second-order valence-electron chi connectivity index (χ2n) is 5.97. The van der Waals surface area contributed by atoms with Crippen LogP contribution in [0, 0.1) is 27.7 Å². The Morgan fingerprint density at radius 2 is 1.70 bits per heavy atom. The largest absolute Gasteiger partial charge is 0.369 e. The van der Waals surface area contributed by atoms with Crippen molar-refractivity contribution in [2.75, 3.05) is 23.9 Å². The molecule has 0 radical (unpaired) electrons. The molecule has 4 nitrogen and oxygen atoms in total. The quantitative estimate of drug-likeness (QED) is 0.668. The van der Waals surface area contributed by atoms with Gasteiger partial charge in [0.1, 0.15) is 6.67 Å². The summed E-state index contributed by atoms with van der Waals surface area (Å²) in [6, 6.07) is 12.5. The summed E-state index contributed by atoms with van der Waals surface area (Å²) >= 11 is 0. The highest BCUT2D eigenvalue weighted by molar-refractivity contribution is 5.95. The summed E-state index contributed by atoms with van der Waals surface area (Å²) in [7, 11) is 1.94. The van der Waals surface area contributed by atoms with E-state index in [0.717, 1.165) is 11.4 Å². The fraction of sp³-hybridized carbons (Fsp3) is 0.316. The lowest BCUT2D eigenvalue weighted by molar-refractivity contribution is 1.08. The van der Waals surface area contributed by atoms with Crippen LogP contribution >= 0.6 is 0 Å². The van der Waals surface area contributed by atoms with Gasteiger partial charge in [-0.2, -0.15) is 0 Å². The number of guanidine groups is 1. The molecule has 0 amide bonds. The number of anilines is 2. The fourth-order valence-corrected chi connectivity index (χ4v) is 2.70. The van der Waals surface area contributed by atoms with Crippen LogP contribution in [0.2, 0.25) is 0 Å². The number of aryl methyl sites for hydroxylation is 4. The molecule has 0 fully saturated rings. The van der Waals surface area contributed by atoms with Gasteiger partial charge in [0.25, 0.3) is 0 Å². The summed E-state index contributed by atoms with van der Waals surface area (Å²) in [5.74, 6) is 0.496. The third-order valence-corrected chi connectivity index (χ3v) is 4.04. The number of aliphatic imine (C=N–C) groups is 1. The summed E-state index contributed by atoms with van der Waals surface area (Å²) < 4.78 is 0. The van der Waals surface area contributed by atoms with Gasteiger partial charge in [0.05, 0.1) is 0 Å². The van der Waals surface area contributed by atoms with Crippen molar-refractivity contribution in [3.05, 3.63) is 58.7 Å². The topological polar surface area (TPSA) is 53.6 Å². The van der Waals surface area contributed by atoms with Crippen molar-refractivity contribution in [1.29, 1.82) is 0 Å². The number of nitrogens with two attached hydrogens (primary N) is 1. The standard InChI is InChI=1S/C19H26N4/c1-13-9-10-17(16(4)11-13)23(5)19(20)22-12-21-18-14(2)7-6-8-15(18)3/h6-11,21H,12H2,1-5H3,(H2,20,22). The first-order valence-corrected chi connectivity index (χ1v) is 7.81. The van der Waals surface area contributed by atoms with Gasteiger partial charge in [-0.1, -0.05) is 35.9 Å². The molecule has 0 bridgehead atoms. The number of rotatable bonds is 4. The second kappa shape index (κ2) is 7.18. The molecular formula is C19H26N4. The van der Waals surface area contributed by atoms with Gasteiger partial charge < -0.3 is 16.0 Å². The molecule has 3 N–H and O–H groups in total. The van der Waals surface area contributed by atoms with Crippen LogP contribution in [0.5, 0.6) is 0 Å². The lowest BCUT2D eigenvalue weighted by Crippen LogP contribution is -2.35. The molecule has 4 heteroatoms. The van der Waals surface area contributed by atoms with Crippen LogP contribution < -0.4 is 16.0 Å². The molecule has 0 heterocycles. The van der Waals surface area contributed by atoms with E-state index in [1.54, 1.807) is 0 Å². The summed E-state index contributed by atoms with van der Waals surface area (Å²) in [4.78, 5) is 6.37. The molecule has 0 unspecified atom stereocenters. The molecular weight excluding hydrogens is 284 g/mol. The summed E-state index contributed by atoms with van der Waals surface area (Å²) in [6.45, 7) is 8.80. The molecule has 2 rings (SSSR count). The van der Waals surface area contributed by atoms with Crippen LogP contribution in [-0.4, -0.2) is 19.7 Å². The first-order valence-electron chi connectivity index (χ1n) is 7.81. The van der Waals surface area contributed by atoms with Crippen molar-refractivity contribution in [2.45, 2.75) is 27.7 Å². The Hall–Kier alpha value is -2.49. The monoisotopic (exact) mass is 310 g/mol. The van der Waals surface area contributed by atoms with Gasteiger partial charge in [-0.15, -0.1) is 0 Å². The van der Waals surface area contributed by atoms with Crippen molar-refractivity contribution in [3.63, 3.8) is 0 Å². The highest BCUT2D eigenvalue weighted by atomic mass is 15.3. The van der Waals surface area contributed by atoms with Crippen LogP contribution in [0.4, 0.5) is 11.4 Å². The molecule has 0 spiro atoms. The summed E-state index contributed by atoms with van der Waals surface area (Å²) in [5, 5.41) is 3.35. The molecule has 0 saturated carbocycles. The van der Waals surface area contributed by atoms with E-state index in [4.69, 9.17) is 5.73 Å². The van der Waals surface area contributed by atoms with Crippen LogP contribution in [0.25, 0.3) is 0 Å². The maximum absolute atomic E-state index is 6.13. The average molecular weight is 310 g/mol. The Morgan fingerprint density at radius 3 is 2.30 bits per heavy atom. The number of para-hydroxylation sites is 1. The van der Waals surface area contributed by atoms with E-state index in [1.165, 1.54) is 22.3 Å². The van der Waals surface area contributed by atoms with E-state index >= 15 is 0 Å². The van der Waals surface area contributed by atoms with E-state index in [-0.39, 0.29) is 0 Å². The maximum atomic E-state index is 6.13. The van der Waals surface area contributed by atoms with Gasteiger partial charge in [-0.3, -0.25) is 0 Å². The molecule has 0 aliphatic heterocycles. The number of hydrogen-bond acceptors (Lipinski definition) is 2. The van der Waals surface area contributed by atoms with Gasteiger partial charge in [-0.25, -0.2) is 4.99 Å². The fourth-order valence-electron chi connectivity index (χ4n) is 2.70. The minimum atomic E-state index is 0.451. The summed E-state index contributed by atoms with van der Waals surface area (Å²) in [6.07, 6.45) is 0. The predicted octanol–water partition coefficient (Wildman–Crippen LogP) is 3.74. The van der Waals surface area contributed by atoms with Crippen molar-refractivity contribution in [2.24, 2.45) is 10.7 Å². The van der Waals surface area contributed by atoms with E-state index < -0.39 is 0 Å². The zero-order valence-corrected chi connectivity index (χ0v) is 14.6. The third-order valence-electron chi connectivity index (χ3n) is 4.04. The van der Waals surface area contributed by atoms with E-state index in [2.05, 4.69) is 74.4 Å². The van der Waals surface area contributed by atoms with Crippen molar-refractivity contribution in [1.82, 2.24) is 0 Å². The van der Waals surface area contributed by atoms with E-state index in [9.17, 15) is 0 Å². The minimum absolute atomic E-state index is 0.451. The molecule has 0 atom stereocenters. The van der Waals surface area contributed by atoms with Gasteiger partial charge >= 0.3 is 0 Å². The Balaban J connectivity index is 2.07. The number of nitrogens with zero attached hydrogens (tertiary/aromatic N) is 2. The third kappa shape index (κ3) is 4.03. The smallest absolute Gasteiger partial charge is 0.197 e. The van der Waals surface area contributed by atoms with E-state index in [0.29, 0.717) is 12.6 Å². The minimum Gasteiger partial charge on any atom is -0.369 e. The first-order chi connectivity index (χ1) is 10.9. The Bertz CT molecular complexity index is 699. The molecule has 2 aromatic carbocycles. The zero-order chi connectivity index (χ0) is 17.0. The number of benzene rings is 2. The molecule has 2 aromatic rings. The maximum Gasteiger partial charge on any atom is 0.197 e. The normalized spacial score (nSPS) is 11.4. The molecule has 0 saturated heterocycles. The van der Waals surface area contributed by atoms with Crippen molar-refractivity contribution in [3.8, 4) is 0 Å². The average Bonchev–Trinajstić information content (AvgIpc) is 2.49. The Kier molecular flexibility index (Phi) is 5.27. The van der Waals surface area contributed by atoms with Crippen LogP contribution in [0.15, 0.2) is 41.4 Å². The van der Waals surface area contributed by atoms with Gasteiger partial charge in [0.15, 0.2) is 5.96 Å². The van der Waals surface area contributed by atoms with E-state index in [1.807, 2.05) is 11.9 Å². The van der Waals surface area contributed by atoms with Gasteiger partial charge in [-0.05, 0) is 50.5 Å². The predicted molar refractivity (Wildman–Crippen MR) is 100 cm³/mol. The Morgan fingerprint density at radius 1 is 1.04 bits per heavy atom. The van der Waals surface area contributed by atoms with Gasteiger partial charge in [0, 0.05) is 18.4 Å². The number of nitrogens with one attached hydrogen (secondary N) is 1. The molecule has 0 aromatic heterocycles. The van der Waals surface area contributed by atoms with Crippen LogP contribution in [-0.2, 0) is 0 Å². The first kappa shape index (κ1) is 16.9. The van der Waals surface area contributed by atoms with Crippen molar-refractivity contribution < 1.29 is 0 Å². The summed E-state index contributed by atoms with van der Waals surface area (Å²) in [5.41, 5.74) is 13.2. The highest BCUT2D eigenvalue weighted by Gasteiger charge is 2.08. The Labute approximate surface area is 139 Å². The molecule has 0 aliphatic carbocycles. The lowest BCUT2D eigenvalue weighted by atomic mass is 10.1. The molecule has 23 heavy (non-hydrogen) atoms. The van der Waals surface area contributed by atoms with Gasteiger partial charge in [0.2, 0.25) is 0 Å². The lowest BCUT2D eigenvalue weighted by Gasteiger charge is -2.21. The second-order valence-corrected chi connectivity index (χ2v) is 5.97. The number of hydrogen-bond donors (Lipinski definition) is 2. The molecule has 122 valence electrons. The molecule has 0 aliphatic rings. The van der Waals surface area contributed by atoms with Crippen LogP contribution in [0.1, 0.15) is 22.3 Å². The van der Waals surface area contributed by atoms with Crippen molar-refractivity contribution >= 4 is 17.3 Å². The van der Waals surface area contributed by atoms with Crippen LogP contribution in [0.3, 0.4) is 0 Å². The highest BCUT2D eigenvalue weighted by Crippen LogP contribution is 2.20. The SMILES string of the molecule is Cc1ccc(N(C)C(N)=NCNc2c(C)cccc2C)c(C)c1.